The Morgan fingerprint density at radius 1 is 1.28 bits per heavy atom. The Morgan fingerprint density at radius 3 is 2.78 bits per heavy atom. The zero-order valence-electron chi connectivity index (χ0n) is 10.9. The van der Waals surface area contributed by atoms with Crippen molar-refractivity contribution in [2.24, 2.45) is 0 Å². The van der Waals surface area contributed by atoms with Gasteiger partial charge in [0.1, 0.15) is 17.6 Å². The average Bonchev–Trinajstić information content (AvgIpc) is 2.42. The van der Waals surface area contributed by atoms with E-state index in [0.29, 0.717) is 18.1 Å². The molecule has 96 valence electrons. The van der Waals surface area contributed by atoms with Gasteiger partial charge in [0.05, 0.1) is 6.61 Å². The number of unbranched alkanes of at least 4 members (excludes halogenated alkanes) is 1. The Morgan fingerprint density at radius 2 is 2.06 bits per heavy atom. The number of rotatable bonds is 5. The molecule has 0 amide bonds. The zero-order valence-corrected chi connectivity index (χ0v) is 10.9. The van der Waals surface area contributed by atoms with Crippen molar-refractivity contribution in [1.82, 2.24) is 0 Å². The lowest BCUT2D eigenvalue weighted by Gasteiger charge is -2.24. The lowest BCUT2D eigenvalue weighted by atomic mass is 9.92. The van der Waals surface area contributed by atoms with E-state index in [1.54, 1.807) is 7.11 Å². The number of ether oxygens (including phenoxy) is 2. The van der Waals surface area contributed by atoms with Crippen LogP contribution >= 0.6 is 0 Å². The van der Waals surface area contributed by atoms with E-state index in [9.17, 15) is 0 Å². The van der Waals surface area contributed by atoms with E-state index < -0.39 is 0 Å². The first-order valence-electron chi connectivity index (χ1n) is 6.33. The van der Waals surface area contributed by atoms with E-state index in [-0.39, 0.29) is 6.10 Å². The SMILES string of the molecule is CCCCOC1=CC(OC)c2ccccc2C1=N. The van der Waals surface area contributed by atoms with Crippen molar-refractivity contribution in [3.05, 3.63) is 47.2 Å². The smallest absolute Gasteiger partial charge is 0.143 e. The third-order valence-electron chi connectivity index (χ3n) is 3.10. The summed E-state index contributed by atoms with van der Waals surface area (Å²) in [7, 11) is 1.68. The Hall–Kier alpha value is -1.61. The summed E-state index contributed by atoms with van der Waals surface area (Å²) in [6, 6.07) is 7.85. The molecule has 1 aliphatic carbocycles. The molecule has 1 aliphatic rings. The molecule has 0 aromatic heterocycles. The molecule has 0 aliphatic heterocycles. The van der Waals surface area contributed by atoms with Crippen molar-refractivity contribution in [2.45, 2.75) is 25.9 Å². The van der Waals surface area contributed by atoms with Crippen LogP contribution in [-0.4, -0.2) is 19.4 Å². The highest BCUT2D eigenvalue weighted by atomic mass is 16.5. The summed E-state index contributed by atoms with van der Waals surface area (Å²) in [5.74, 6) is 0.633. The molecule has 2 rings (SSSR count). The second kappa shape index (κ2) is 5.83. The second-order valence-corrected chi connectivity index (χ2v) is 4.35. The Kier molecular flexibility index (Phi) is 4.15. The number of benzene rings is 1. The summed E-state index contributed by atoms with van der Waals surface area (Å²) < 4.78 is 11.1. The second-order valence-electron chi connectivity index (χ2n) is 4.35. The van der Waals surface area contributed by atoms with Crippen LogP contribution in [0.15, 0.2) is 36.1 Å². The molecule has 0 saturated heterocycles. The largest absolute Gasteiger partial charge is 0.492 e. The first-order valence-corrected chi connectivity index (χ1v) is 6.33. The summed E-state index contributed by atoms with van der Waals surface area (Å²) in [5.41, 5.74) is 2.39. The van der Waals surface area contributed by atoms with Crippen molar-refractivity contribution in [3.8, 4) is 0 Å². The molecule has 0 fully saturated rings. The molecule has 18 heavy (non-hydrogen) atoms. The van der Waals surface area contributed by atoms with Gasteiger partial charge in [-0.3, -0.25) is 5.41 Å². The van der Waals surface area contributed by atoms with Gasteiger partial charge in [-0.25, -0.2) is 0 Å². The predicted molar refractivity (Wildman–Crippen MR) is 72.0 cm³/mol. The van der Waals surface area contributed by atoms with Gasteiger partial charge in [0, 0.05) is 12.7 Å². The summed E-state index contributed by atoms with van der Waals surface area (Å²) in [4.78, 5) is 0. The molecule has 1 aromatic carbocycles. The topological polar surface area (TPSA) is 42.3 Å². The van der Waals surface area contributed by atoms with Gasteiger partial charge >= 0.3 is 0 Å². The van der Waals surface area contributed by atoms with Gasteiger partial charge in [-0.2, -0.15) is 0 Å². The van der Waals surface area contributed by atoms with Crippen LogP contribution in [0.25, 0.3) is 0 Å². The third kappa shape index (κ3) is 2.46. The van der Waals surface area contributed by atoms with Gasteiger partial charge in [-0.15, -0.1) is 0 Å². The van der Waals surface area contributed by atoms with Crippen LogP contribution in [0.5, 0.6) is 0 Å². The van der Waals surface area contributed by atoms with Crippen LogP contribution in [0.2, 0.25) is 0 Å². The van der Waals surface area contributed by atoms with Crippen LogP contribution < -0.4 is 0 Å². The standard InChI is InChI=1S/C15H19NO2/c1-3-4-9-18-14-10-13(17-2)11-7-5-6-8-12(11)15(14)16/h5-8,10,13,16H,3-4,9H2,1-2H3. The van der Waals surface area contributed by atoms with Gasteiger partial charge < -0.3 is 9.47 Å². The number of nitrogens with one attached hydrogen (secondary N) is 1. The van der Waals surface area contributed by atoms with Crippen molar-refractivity contribution in [1.29, 1.82) is 5.41 Å². The summed E-state index contributed by atoms with van der Waals surface area (Å²) >= 11 is 0. The molecular weight excluding hydrogens is 226 g/mol. The van der Waals surface area contributed by atoms with E-state index in [4.69, 9.17) is 14.9 Å². The maximum atomic E-state index is 8.18. The molecule has 1 atom stereocenters. The van der Waals surface area contributed by atoms with Crippen molar-refractivity contribution >= 4 is 5.71 Å². The molecule has 1 aromatic rings. The van der Waals surface area contributed by atoms with Crippen LogP contribution in [0, 0.1) is 5.41 Å². The minimum absolute atomic E-state index is 0.119. The predicted octanol–water partition coefficient (Wildman–Crippen LogP) is 3.46. The molecule has 0 saturated carbocycles. The molecule has 0 bridgehead atoms. The fraction of sp³-hybridized carbons (Fsp3) is 0.400. The average molecular weight is 245 g/mol. The monoisotopic (exact) mass is 245 g/mol. The van der Waals surface area contributed by atoms with Gasteiger partial charge in [-0.1, -0.05) is 37.6 Å². The number of hydrogen-bond acceptors (Lipinski definition) is 3. The quantitative estimate of drug-likeness (QED) is 0.807. The highest BCUT2D eigenvalue weighted by molar-refractivity contribution is 6.11. The highest BCUT2D eigenvalue weighted by Crippen LogP contribution is 2.30. The third-order valence-corrected chi connectivity index (χ3v) is 3.10. The number of hydrogen-bond donors (Lipinski definition) is 1. The Bertz CT molecular complexity index is 465. The van der Waals surface area contributed by atoms with Crippen LogP contribution in [-0.2, 0) is 9.47 Å². The van der Waals surface area contributed by atoms with Crippen LogP contribution in [0.3, 0.4) is 0 Å². The van der Waals surface area contributed by atoms with E-state index in [1.165, 1.54) is 0 Å². The first kappa shape index (κ1) is 12.8. The van der Waals surface area contributed by atoms with E-state index in [0.717, 1.165) is 24.0 Å². The molecule has 0 heterocycles. The number of allylic oxidation sites excluding steroid dienone is 1. The molecule has 1 N–H and O–H groups in total. The van der Waals surface area contributed by atoms with Crippen molar-refractivity contribution < 1.29 is 9.47 Å². The molecule has 3 heteroatoms. The summed E-state index contributed by atoms with van der Waals surface area (Å²) in [6.07, 6.45) is 3.86. The lowest BCUT2D eigenvalue weighted by molar-refractivity contribution is 0.133. The van der Waals surface area contributed by atoms with Gasteiger partial charge in [0.15, 0.2) is 0 Å². The van der Waals surface area contributed by atoms with Crippen LogP contribution in [0.1, 0.15) is 37.0 Å². The first-order chi connectivity index (χ1) is 8.77. The Labute approximate surface area is 108 Å². The van der Waals surface area contributed by atoms with Gasteiger partial charge in [0.2, 0.25) is 0 Å². The summed E-state index contributed by atoms with van der Waals surface area (Å²) in [6.45, 7) is 2.78. The van der Waals surface area contributed by atoms with Crippen molar-refractivity contribution in [2.75, 3.05) is 13.7 Å². The minimum Gasteiger partial charge on any atom is -0.492 e. The molecule has 0 spiro atoms. The zero-order chi connectivity index (χ0) is 13.0. The normalized spacial score (nSPS) is 18.2. The molecule has 1 unspecified atom stereocenters. The number of fused-ring (bicyclic) bond motifs is 1. The molecule has 3 nitrogen and oxygen atoms in total. The van der Waals surface area contributed by atoms with E-state index in [2.05, 4.69) is 6.92 Å². The summed E-state index contributed by atoms with van der Waals surface area (Å²) in [5, 5.41) is 8.18. The fourth-order valence-corrected chi connectivity index (χ4v) is 2.06. The van der Waals surface area contributed by atoms with Crippen LogP contribution in [0.4, 0.5) is 0 Å². The van der Waals surface area contributed by atoms with Gasteiger partial charge in [-0.05, 0) is 18.1 Å². The van der Waals surface area contributed by atoms with E-state index in [1.807, 2.05) is 30.3 Å². The highest BCUT2D eigenvalue weighted by Gasteiger charge is 2.24. The molecule has 0 radical (unpaired) electrons. The minimum atomic E-state index is -0.119. The van der Waals surface area contributed by atoms with Crippen molar-refractivity contribution in [3.63, 3.8) is 0 Å². The maximum Gasteiger partial charge on any atom is 0.143 e. The van der Waals surface area contributed by atoms with Gasteiger partial charge in [0.25, 0.3) is 0 Å². The number of methoxy groups -OCH3 is 1. The Balaban J connectivity index is 2.24. The maximum absolute atomic E-state index is 8.18. The fourth-order valence-electron chi connectivity index (χ4n) is 2.06. The van der Waals surface area contributed by atoms with E-state index >= 15 is 0 Å². The molecular formula is C15H19NO2. The lowest BCUT2D eigenvalue weighted by Crippen LogP contribution is -2.18.